The normalized spacial score (nSPS) is 10.7. The van der Waals surface area contributed by atoms with Crippen molar-refractivity contribution in [3.8, 4) is 11.3 Å². The molecule has 0 amide bonds. The molecule has 4 aromatic rings. The molecular weight excluding hydrogens is 445 g/mol. The summed E-state index contributed by atoms with van der Waals surface area (Å²) in [6.45, 7) is 0. The molecule has 0 unspecified atom stereocenters. The van der Waals surface area contributed by atoms with E-state index in [1.54, 1.807) is 12.3 Å². The van der Waals surface area contributed by atoms with Gasteiger partial charge in [0.1, 0.15) is 11.4 Å². The first-order valence-corrected chi connectivity index (χ1v) is 6.26. The van der Waals surface area contributed by atoms with E-state index in [4.69, 9.17) is 4.42 Å². The second-order valence-corrected chi connectivity index (χ2v) is 4.58. The zero-order valence-corrected chi connectivity index (χ0v) is 13.2. The van der Waals surface area contributed by atoms with Crippen molar-refractivity contribution in [3.05, 3.63) is 66.6 Å². The second kappa shape index (κ2) is 5.40. The van der Waals surface area contributed by atoms with Gasteiger partial charge in [0.2, 0.25) is 0 Å². The van der Waals surface area contributed by atoms with E-state index in [9.17, 15) is 4.39 Å². The van der Waals surface area contributed by atoms with Crippen molar-refractivity contribution in [3.63, 3.8) is 0 Å². The van der Waals surface area contributed by atoms with Crippen LogP contribution in [0.3, 0.4) is 0 Å². The van der Waals surface area contributed by atoms with Crippen LogP contribution >= 0.6 is 0 Å². The van der Waals surface area contributed by atoms with Crippen LogP contribution in [-0.4, -0.2) is 4.98 Å². The third-order valence-corrected chi connectivity index (χ3v) is 3.31. The van der Waals surface area contributed by atoms with Gasteiger partial charge in [-0.05, 0) is 23.2 Å². The Hall–Kier alpha value is -2.03. The van der Waals surface area contributed by atoms with Crippen LogP contribution in [0.5, 0.6) is 0 Å². The summed E-state index contributed by atoms with van der Waals surface area (Å²) in [4.78, 5) is 4.29. The molecule has 0 fully saturated rings. The summed E-state index contributed by atoms with van der Waals surface area (Å²) < 4.78 is 18.9. The molecule has 2 aromatic carbocycles. The van der Waals surface area contributed by atoms with E-state index in [0.717, 1.165) is 22.0 Å². The fraction of sp³-hybridized carbons (Fsp3) is 0. The van der Waals surface area contributed by atoms with E-state index in [0.29, 0.717) is 11.2 Å². The summed E-state index contributed by atoms with van der Waals surface area (Å²) in [5.74, 6) is -0.300. The predicted molar refractivity (Wildman–Crippen MR) is 75.7 cm³/mol. The van der Waals surface area contributed by atoms with Crippen molar-refractivity contribution in [1.29, 1.82) is 0 Å². The SMILES string of the molecule is Fc1ccc2c(c1)oc1cc(-c3ccccn3)[c-]cc12.[Ir]. The number of nitrogens with zero attached hydrogens (tertiary/aromatic N) is 1. The molecule has 105 valence electrons. The van der Waals surface area contributed by atoms with Crippen molar-refractivity contribution in [2.24, 2.45) is 0 Å². The Bertz CT molecular complexity index is 918. The zero-order valence-electron chi connectivity index (χ0n) is 10.8. The molecule has 2 nitrogen and oxygen atoms in total. The molecule has 21 heavy (non-hydrogen) atoms. The molecule has 0 spiro atoms. The van der Waals surface area contributed by atoms with Crippen molar-refractivity contribution in [2.75, 3.05) is 0 Å². The first-order valence-electron chi connectivity index (χ1n) is 6.26. The molecule has 0 saturated carbocycles. The molecule has 0 aliphatic carbocycles. The van der Waals surface area contributed by atoms with Gasteiger partial charge in [0, 0.05) is 32.4 Å². The molecule has 0 aliphatic heterocycles. The van der Waals surface area contributed by atoms with Gasteiger partial charge in [-0.2, -0.15) is 0 Å². The minimum Gasteiger partial charge on any atom is -0.476 e. The van der Waals surface area contributed by atoms with Gasteiger partial charge in [-0.25, -0.2) is 4.39 Å². The maximum absolute atomic E-state index is 13.2. The Kier molecular flexibility index (Phi) is 3.58. The topological polar surface area (TPSA) is 26.0 Å². The van der Waals surface area contributed by atoms with E-state index < -0.39 is 0 Å². The molecule has 4 rings (SSSR count). The molecule has 0 bridgehead atoms. The van der Waals surface area contributed by atoms with Crippen molar-refractivity contribution >= 4 is 21.9 Å². The van der Waals surface area contributed by atoms with Crippen LogP contribution in [0.25, 0.3) is 33.2 Å². The Labute approximate surface area is 134 Å². The predicted octanol–water partition coefficient (Wildman–Crippen LogP) is 4.58. The minimum absolute atomic E-state index is 0. The molecule has 0 saturated heterocycles. The number of pyridine rings is 1. The standard InChI is InChI=1S/C17H9FNO.Ir/c18-12-5-7-14-13-6-4-11(15-3-1-2-8-19-15)9-16(13)20-17(14)10-12;/h1-3,5-10H;/q-1;. The Balaban J connectivity index is 0.00000132. The van der Waals surface area contributed by atoms with Crippen LogP contribution in [0, 0.1) is 11.9 Å². The average Bonchev–Trinajstić information content (AvgIpc) is 2.84. The number of hydrogen-bond donors (Lipinski definition) is 0. The number of fused-ring (bicyclic) bond motifs is 3. The maximum atomic E-state index is 13.2. The van der Waals surface area contributed by atoms with Gasteiger partial charge < -0.3 is 9.40 Å². The third-order valence-electron chi connectivity index (χ3n) is 3.31. The summed E-state index contributed by atoms with van der Waals surface area (Å²) in [5, 5.41) is 1.82. The molecule has 0 atom stereocenters. The van der Waals surface area contributed by atoms with E-state index in [2.05, 4.69) is 11.1 Å². The molecular formula is C17H9FIrNO-. The van der Waals surface area contributed by atoms with Gasteiger partial charge in [-0.1, -0.05) is 29.7 Å². The van der Waals surface area contributed by atoms with Crippen LogP contribution in [-0.2, 0) is 20.1 Å². The number of benzene rings is 2. The maximum Gasteiger partial charge on any atom is 0.126 e. The average molecular weight is 454 g/mol. The fourth-order valence-corrected chi connectivity index (χ4v) is 2.36. The number of rotatable bonds is 1. The van der Waals surface area contributed by atoms with Crippen molar-refractivity contribution in [1.82, 2.24) is 4.98 Å². The Morgan fingerprint density at radius 3 is 2.67 bits per heavy atom. The van der Waals surface area contributed by atoms with Gasteiger partial charge in [0.05, 0.1) is 5.58 Å². The Morgan fingerprint density at radius 1 is 1.00 bits per heavy atom. The van der Waals surface area contributed by atoms with E-state index in [1.165, 1.54) is 12.1 Å². The van der Waals surface area contributed by atoms with Gasteiger partial charge in [-0.15, -0.1) is 17.7 Å². The minimum atomic E-state index is -0.300. The first-order chi connectivity index (χ1) is 9.81. The first kappa shape index (κ1) is 13.9. The monoisotopic (exact) mass is 455 g/mol. The zero-order chi connectivity index (χ0) is 13.5. The summed E-state index contributed by atoms with van der Waals surface area (Å²) in [6.07, 6.45) is 1.74. The van der Waals surface area contributed by atoms with Gasteiger partial charge in [0.25, 0.3) is 0 Å². The van der Waals surface area contributed by atoms with Crippen LogP contribution < -0.4 is 0 Å². The van der Waals surface area contributed by atoms with Crippen LogP contribution in [0.4, 0.5) is 4.39 Å². The van der Waals surface area contributed by atoms with Crippen molar-refractivity contribution in [2.45, 2.75) is 0 Å². The van der Waals surface area contributed by atoms with Gasteiger partial charge in [0.15, 0.2) is 0 Å². The van der Waals surface area contributed by atoms with E-state index in [1.807, 2.05) is 30.3 Å². The summed E-state index contributed by atoms with van der Waals surface area (Å²) >= 11 is 0. The number of aromatic nitrogens is 1. The van der Waals surface area contributed by atoms with Crippen LogP contribution in [0.2, 0.25) is 0 Å². The summed E-state index contributed by atoms with van der Waals surface area (Å²) in [6, 6.07) is 17.2. The molecule has 0 N–H and O–H groups in total. The quantitative estimate of drug-likeness (QED) is 0.394. The fourth-order valence-electron chi connectivity index (χ4n) is 2.36. The number of halogens is 1. The van der Waals surface area contributed by atoms with E-state index >= 15 is 0 Å². The molecule has 4 heteroatoms. The van der Waals surface area contributed by atoms with Gasteiger partial charge in [-0.3, -0.25) is 0 Å². The number of furan rings is 1. The molecule has 2 aromatic heterocycles. The Morgan fingerprint density at radius 2 is 1.86 bits per heavy atom. The molecule has 2 heterocycles. The summed E-state index contributed by atoms with van der Waals surface area (Å²) in [7, 11) is 0. The third kappa shape index (κ3) is 2.37. The van der Waals surface area contributed by atoms with Crippen LogP contribution in [0.1, 0.15) is 0 Å². The number of hydrogen-bond acceptors (Lipinski definition) is 2. The van der Waals surface area contributed by atoms with Crippen molar-refractivity contribution < 1.29 is 28.9 Å². The van der Waals surface area contributed by atoms with Gasteiger partial charge >= 0.3 is 0 Å². The van der Waals surface area contributed by atoms with Crippen LogP contribution in [0.15, 0.2) is 59.1 Å². The molecule has 0 aliphatic rings. The smallest absolute Gasteiger partial charge is 0.126 e. The second-order valence-electron chi connectivity index (χ2n) is 4.58. The summed E-state index contributed by atoms with van der Waals surface area (Å²) in [5.41, 5.74) is 2.95. The largest absolute Gasteiger partial charge is 0.476 e. The molecule has 1 radical (unpaired) electrons. The van der Waals surface area contributed by atoms with E-state index in [-0.39, 0.29) is 25.9 Å².